The number of aliphatic carboxylic acids is 1. The zero-order chi connectivity index (χ0) is 20.1. The molecule has 0 heterocycles. The largest absolute Gasteiger partial charge is 0.481 e. The van der Waals surface area contributed by atoms with E-state index in [1.807, 2.05) is 12.2 Å². The molecule has 0 spiro atoms. The molecule has 0 aromatic rings. The van der Waals surface area contributed by atoms with Gasteiger partial charge in [0.05, 0.1) is 12.2 Å². The number of aliphatic hydroxyl groups is 2. The Kier molecular flexibility index (Phi) is 11.3. The quantitative estimate of drug-likeness (QED) is 0.453. The fraction of sp³-hybridized carbons (Fsp3) is 0.545. The van der Waals surface area contributed by atoms with E-state index < -0.39 is 24.1 Å². The number of carboxylic acids is 1. The topological polar surface area (TPSA) is 94.8 Å². The maximum Gasteiger partial charge on any atom is 0.303 e. The van der Waals surface area contributed by atoms with Gasteiger partial charge in [0.1, 0.15) is 5.78 Å². The van der Waals surface area contributed by atoms with E-state index in [1.54, 1.807) is 6.08 Å². The van der Waals surface area contributed by atoms with Crippen molar-refractivity contribution in [1.29, 1.82) is 0 Å². The van der Waals surface area contributed by atoms with Crippen LogP contribution in [0.2, 0.25) is 0 Å². The summed E-state index contributed by atoms with van der Waals surface area (Å²) in [6, 6.07) is 0. The number of hydrogen-bond donors (Lipinski definition) is 3. The van der Waals surface area contributed by atoms with Crippen LogP contribution in [0.5, 0.6) is 0 Å². The summed E-state index contributed by atoms with van der Waals surface area (Å²) in [5.41, 5.74) is 0. The number of rotatable bonds is 12. The number of hydrogen-bond acceptors (Lipinski definition) is 4. The van der Waals surface area contributed by atoms with Gasteiger partial charge >= 0.3 is 5.97 Å². The fourth-order valence-corrected chi connectivity index (χ4v) is 3.10. The van der Waals surface area contributed by atoms with Crippen molar-refractivity contribution < 1.29 is 24.9 Å². The summed E-state index contributed by atoms with van der Waals surface area (Å²) in [4.78, 5) is 22.6. The van der Waals surface area contributed by atoms with Gasteiger partial charge in [0.15, 0.2) is 0 Å². The molecule has 0 bridgehead atoms. The molecule has 27 heavy (non-hydrogen) atoms. The SMILES string of the molecule is CC/C=C\C/C=C\C/C=C\C[C@@H]1[C@H](O)CC(=O)[C@H]1/C=C/[C@@H](O)CCC(=O)O. The Bertz CT molecular complexity index is 573. The highest BCUT2D eigenvalue weighted by atomic mass is 16.4. The summed E-state index contributed by atoms with van der Waals surface area (Å²) in [5, 5.41) is 28.6. The minimum atomic E-state index is -0.965. The normalized spacial score (nSPS) is 24.9. The summed E-state index contributed by atoms with van der Waals surface area (Å²) in [6.45, 7) is 2.10. The lowest BCUT2D eigenvalue weighted by Crippen LogP contribution is -2.19. The summed E-state index contributed by atoms with van der Waals surface area (Å²) in [5.74, 6) is -1.63. The Morgan fingerprint density at radius 1 is 1.15 bits per heavy atom. The molecule has 4 atom stereocenters. The van der Waals surface area contributed by atoms with E-state index in [0.717, 1.165) is 19.3 Å². The third-order valence-electron chi connectivity index (χ3n) is 4.62. The van der Waals surface area contributed by atoms with E-state index >= 15 is 0 Å². The van der Waals surface area contributed by atoms with Gasteiger partial charge in [-0.15, -0.1) is 0 Å². The molecule has 0 amide bonds. The number of allylic oxidation sites excluding steroid dienone is 7. The van der Waals surface area contributed by atoms with Crippen LogP contribution in [-0.4, -0.2) is 39.3 Å². The Labute approximate surface area is 161 Å². The van der Waals surface area contributed by atoms with Crippen LogP contribution in [0.25, 0.3) is 0 Å². The molecule has 1 aliphatic carbocycles. The van der Waals surface area contributed by atoms with Gasteiger partial charge in [-0.25, -0.2) is 0 Å². The second-order valence-corrected chi connectivity index (χ2v) is 6.84. The van der Waals surface area contributed by atoms with Crippen LogP contribution in [0.3, 0.4) is 0 Å². The highest BCUT2D eigenvalue weighted by Crippen LogP contribution is 2.33. The molecule has 150 valence electrons. The summed E-state index contributed by atoms with van der Waals surface area (Å²) >= 11 is 0. The van der Waals surface area contributed by atoms with Crippen LogP contribution in [0.4, 0.5) is 0 Å². The Hall–Kier alpha value is -1.98. The molecule has 0 saturated heterocycles. The van der Waals surface area contributed by atoms with Gasteiger partial charge in [0.2, 0.25) is 0 Å². The Morgan fingerprint density at radius 3 is 2.41 bits per heavy atom. The van der Waals surface area contributed by atoms with E-state index in [4.69, 9.17) is 5.11 Å². The molecular formula is C22H32O5. The second-order valence-electron chi connectivity index (χ2n) is 6.84. The molecule has 1 aliphatic rings. The van der Waals surface area contributed by atoms with E-state index in [2.05, 4.69) is 31.2 Å². The predicted octanol–water partition coefficient (Wildman–Crippen LogP) is 3.58. The van der Waals surface area contributed by atoms with Gasteiger partial charge in [-0.3, -0.25) is 9.59 Å². The molecular weight excluding hydrogens is 344 g/mol. The van der Waals surface area contributed by atoms with Crippen molar-refractivity contribution in [2.75, 3.05) is 0 Å². The standard InChI is InChI=1S/C22H32O5/c1-2-3-4-5-6-7-8-9-10-11-18-19(21(25)16-20(18)24)14-12-17(23)13-15-22(26)27/h3-4,6-7,9-10,12,14,17-20,23-24H,2,5,8,11,13,15-16H2,1H3,(H,26,27)/b4-3-,7-6-,10-9-,14-12+/t17-,18+,19+,20-/m1/s1. The van der Waals surface area contributed by atoms with E-state index in [-0.39, 0.29) is 31.0 Å². The third kappa shape index (κ3) is 9.50. The lowest BCUT2D eigenvalue weighted by molar-refractivity contribution is -0.137. The molecule has 1 saturated carbocycles. The van der Waals surface area contributed by atoms with Gasteiger partial charge in [-0.2, -0.15) is 0 Å². The maximum absolute atomic E-state index is 12.1. The lowest BCUT2D eigenvalue weighted by atomic mass is 9.90. The van der Waals surface area contributed by atoms with Crippen molar-refractivity contribution in [1.82, 2.24) is 0 Å². The highest BCUT2D eigenvalue weighted by Gasteiger charge is 2.39. The number of carbonyl (C=O) groups is 2. The average Bonchev–Trinajstić information content (AvgIpc) is 2.89. The smallest absolute Gasteiger partial charge is 0.303 e. The van der Waals surface area contributed by atoms with Crippen LogP contribution in [0, 0.1) is 11.8 Å². The van der Waals surface area contributed by atoms with Crippen LogP contribution < -0.4 is 0 Å². The van der Waals surface area contributed by atoms with Crippen molar-refractivity contribution in [2.45, 2.75) is 64.1 Å². The molecule has 0 unspecified atom stereocenters. The fourth-order valence-electron chi connectivity index (χ4n) is 3.10. The number of carboxylic acid groups (broad SMARTS) is 1. The first kappa shape index (κ1) is 23.1. The first-order chi connectivity index (χ1) is 13.0. The monoisotopic (exact) mass is 376 g/mol. The first-order valence-corrected chi connectivity index (χ1v) is 9.69. The van der Waals surface area contributed by atoms with Crippen molar-refractivity contribution in [2.24, 2.45) is 11.8 Å². The molecule has 0 radical (unpaired) electrons. The lowest BCUT2D eigenvalue weighted by Gasteiger charge is -2.17. The number of aliphatic hydroxyl groups excluding tert-OH is 2. The Balaban J connectivity index is 2.48. The van der Waals surface area contributed by atoms with Crippen molar-refractivity contribution >= 4 is 11.8 Å². The molecule has 5 nitrogen and oxygen atoms in total. The van der Waals surface area contributed by atoms with E-state index in [9.17, 15) is 19.8 Å². The van der Waals surface area contributed by atoms with Gasteiger partial charge in [-0.1, -0.05) is 55.5 Å². The molecule has 1 rings (SSSR count). The molecule has 0 aliphatic heterocycles. The zero-order valence-corrected chi connectivity index (χ0v) is 16.0. The molecule has 0 aromatic carbocycles. The number of ketones is 1. The summed E-state index contributed by atoms with van der Waals surface area (Å²) in [7, 11) is 0. The van der Waals surface area contributed by atoms with Crippen molar-refractivity contribution in [3.05, 3.63) is 48.6 Å². The minimum absolute atomic E-state index is 0.0369. The van der Waals surface area contributed by atoms with Crippen molar-refractivity contribution in [3.63, 3.8) is 0 Å². The Morgan fingerprint density at radius 2 is 1.78 bits per heavy atom. The molecule has 1 fully saturated rings. The highest BCUT2D eigenvalue weighted by molar-refractivity contribution is 5.86. The van der Waals surface area contributed by atoms with E-state index in [0.29, 0.717) is 6.42 Å². The molecule has 0 aromatic heterocycles. The third-order valence-corrected chi connectivity index (χ3v) is 4.62. The van der Waals surface area contributed by atoms with Gasteiger partial charge in [0, 0.05) is 24.7 Å². The molecule has 3 N–H and O–H groups in total. The van der Waals surface area contributed by atoms with Crippen LogP contribution in [0.1, 0.15) is 51.9 Å². The zero-order valence-electron chi connectivity index (χ0n) is 16.0. The summed E-state index contributed by atoms with van der Waals surface area (Å²) in [6.07, 6.45) is 17.5. The van der Waals surface area contributed by atoms with Crippen LogP contribution in [0.15, 0.2) is 48.6 Å². The van der Waals surface area contributed by atoms with Crippen LogP contribution >= 0.6 is 0 Å². The van der Waals surface area contributed by atoms with Gasteiger partial charge in [0.25, 0.3) is 0 Å². The van der Waals surface area contributed by atoms with Gasteiger partial charge < -0.3 is 15.3 Å². The number of carbonyl (C=O) groups excluding carboxylic acids is 1. The number of Topliss-reactive ketones (excluding diaryl/α,β-unsaturated/α-hetero) is 1. The second kappa shape index (κ2) is 13.2. The van der Waals surface area contributed by atoms with Gasteiger partial charge in [-0.05, 0) is 32.1 Å². The van der Waals surface area contributed by atoms with Crippen molar-refractivity contribution in [3.8, 4) is 0 Å². The molecule has 5 heteroatoms. The predicted molar refractivity (Wildman–Crippen MR) is 106 cm³/mol. The maximum atomic E-state index is 12.1. The average molecular weight is 376 g/mol. The van der Waals surface area contributed by atoms with E-state index in [1.165, 1.54) is 6.08 Å². The van der Waals surface area contributed by atoms with Crippen LogP contribution in [-0.2, 0) is 9.59 Å². The minimum Gasteiger partial charge on any atom is -0.481 e. The summed E-state index contributed by atoms with van der Waals surface area (Å²) < 4.78 is 0. The first-order valence-electron chi connectivity index (χ1n) is 9.69.